The van der Waals surface area contributed by atoms with Gasteiger partial charge in [0, 0.05) is 11.6 Å². The van der Waals surface area contributed by atoms with Gasteiger partial charge in [-0.15, -0.1) is 0 Å². The van der Waals surface area contributed by atoms with Crippen LogP contribution < -0.4 is 29.0 Å². The highest BCUT2D eigenvalue weighted by atomic mass is 35.5. The Balaban J connectivity index is 2.47. The van der Waals surface area contributed by atoms with Crippen molar-refractivity contribution in [2.24, 2.45) is 5.92 Å². The van der Waals surface area contributed by atoms with E-state index in [1.165, 1.54) is 46.6 Å². The fourth-order valence-electron chi connectivity index (χ4n) is 3.02. The SMILES string of the molecule is COc1cc(C(=O)Nc2c(C(=O)O)cc(OC)c(OC)c2OC)cc(Cl)c1OCCC(C)C. The van der Waals surface area contributed by atoms with Crippen LogP contribution in [-0.2, 0) is 0 Å². The van der Waals surface area contributed by atoms with Gasteiger partial charge in [0.05, 0.1) is 45.6 Å². The van der Waals surface area contributed by atoms with Crippen LogP contribution in [0.1, 0.15) is 41.0 Å². The predicted molar refractivity (Wildman–Crippen MR) is 124 cm³/mol. The zero-order valence-electron chi connectivity index (χ0n) is 19.4. The molecule has 0 aromatic heterocycles. The molecule has 0 spiro atoms. The van der Waals surface area contributed by atoms with Gasteiger partial charge in [0.25, 0.3) is 5.91 Å². The van der Waals surface area contributed by atoms with Crippen molar-refractivity contribution in [2.75, 3.05) is 40.4 Å². The summed E-state index contributed by atoms with van der Waals surface area (Å²) in [6.45, 7) is 4.58. The molecule has 2 aromatic carbocycles. The molecule has 9 nitrogen and oxygen atoms in total. The number of carbonyl (C=O) groups excluding carboxylic acids is 1. The molecule has 0 aliphatic rings. The molecule has 33 heavy (non-hydrogen) atoms. The Morgan fingerprint density at radius 2 is 1.55 bits per heavy atom. The van der Waals surface area contributed by atoms with Gasteiger partial charge in [0.15, 0.2) is 23.0 Å². The molecule has 0 heterocycles. The number of rotatable bonds is 11. The normalized spacial score (nSPS) is 10.5. The minimum absolute atomic E-state index is 0.00528. The van der Waals surface area contributed by atoms with E-state index in [0.717, 1.165) is 6.42 Å². The van der Waals surface area contributed by atoms with Gasteiger partial charge in [-0.1, -0.05) is 25.4 Å². The second kappa shape index (κ2) is 11.5. The van der Waals surface area contributed by atoms with E-state index < -0.39 is 11.9 Å². The molecule has 0 aliphatic heterocycles. The van der Waals surface area contributed by atoms with Crippen LogP contribution in [-0.4, -0.2) is 52.0 Å². The Morgan fingerprint density at radius 1 is 0.939 bits per heavy atom. The first-order valence-corrected chi connectivity index (χ1v) is 10.4. The summed E-state index contributed by atoms with van der Waals surface area (Å²) in [5.74, 6) is -0.636. The summed E-state index contributed by atoms with van der Waals surface area (Å²) in [6.07, 6.45) is 0.818. The first-order chi connectivity index (χ1) is 15.7. The Kier molecular flexibility index (Phi) is 9.04. The number of methoxy groups -OCH3 is 4. The quantitative estimate of drug-likeness (QED) is 0.472. The van der Waals surface area contributed by atoms with E-state index >= 15 is 0 Å². The third kappa shape index (κ3) is 5.92. The summed E-state index contributed by atoms with van der Waals surface area (Å²) in [4.78, 5) is 24.9. The lowest BCUT2D eigenvalue weighted by Gasteiger charge is -2.19. The monoisotopic (exact) mass is 481 g/mol. The van der Waals surface area contributed by atoms with Crippen molar-refractivity contribution in [1.29, 1.82) is 0 Å². The number of aromatic carboxylic acids is 1. The molecule has 0 unspecified atom stereocenters. The lowest BCUT2D eigenvalue weighted by atomic mass is 10.1. The van der Waals surface area contributed by atoms with E-state index in [2.05, 4.69) is 19.2 Å². The number of carboxylic acids is 1. The molecule has 0 fully saturated rings. The molecule has 0 saturated carbocycles. The van der Waals surface area contributed by atoms with Crippen molar-refractivity contribution in [3.05, 3.63) is 34.3 Å². The summed E-state index contributed by atoms with van der Waals surface area (Å²) >= 11 is 6.36. The van der Waals surface area contributed by atoms with Crippen molar-refractivity contribution < 1.29 is 38.4 Å². The van der Waals surface area contributed by atoms with E-state index in [9.17, 15) is 14.7 Å². The van der Waals surface area contributed by atoms with Crippen molar-refractivity contribution >= 4 is 29.2 Å². The smallest absolute Gasteiger partial charge is 0.338 e. The number of halogens is 1. The molecular formula is C23H28ClNO8. The fraction of sp³-hybridized carbons (Fsp3) is 0.391. The molecule has 10 heteroatoms. The molecule has 1 amide bonds. The first kappa shape index (κ1) is 25.9. The van der Waals surface area contributed by atoms with Gasteiger partial charge < -0.3 is 34.1 Å². The van der Waals surface area contributed by atoms with E-state index in [0.29, 0.717) is 18.3 Å². The van der Waals surface area contributed by atoms with Gasteiger partial charge >= 0.3 is 5.97 Å². The largest absolute Gasteiger partial charge is 0.493 e. The van der Waals surface area contributed by atoms with Crippen LogP contribution in [0, 0.1) is 5.92 Å². The average molecular weight is 482 g/mol. The molecule has 0 bridgehead atoms. The zero-order valence-corrected chi connectivity index (χ0v) is 20.2. The molecule has 0 aliphatic carbocycles. The molecule has 180 valence electrons. The maximum Gasteiger partial charge on any atom is 0.338 e. The Morgan fingerprint density at radius 3 is 2.06 bits per heavy atom. The fourth-order valence-corrected chi connectivity index (χ4v) is 3.29. The highest BCUT2D eigenvalue weighted by molar-refractivity contribution is 6.32. The number of benzene rings is 2. The third-order valence-corrected chi connectivity index (χ3v) is 5.01. The van der Waals surface area contributed by atoms with Gasteiger partial charge in [0.1, 0.15) is 5.69 Å². The second-order valence-electron chi connectivity index (χ2n) is 7.35. The minimum Gasteiger partial charge on any atom is -0.493 e. The van der Waals surface area contributed by atoms with Crippen LogP contribution in [0.3, 0.4) is 0 Å². The summed E-state index contributed by atoms with van der Waals surface area (Å²) in [6, 6.07) is 4.11. The van der Waals surface area contributed by atoms with Crippen LogP contribution in [0.4, 0.5) is 5.69 Å². The van der Waals surface area contributed by atoms with Gasteiger partial charge in [-0.3, -0.25) is 4.79 Å². The molecular weight excluding hydrogens is 454 g/mol. The van der Waals surface area contributed by atoms with Gasteiger partial charge in [-0.25, -0.2) is 4.79 Å². The number of ether oxygens (including phenoxy) is 5. The van der Waals surface area contributed by atoms with E-state index in [-0.39, 0.29) is 44.8 Å². The van der Waals surface area contributed by atoms with Crippen LogP contribution in [0.2, 0.25) is 5.02 Å². The summed E-state index contributed by atoms with van der Waals surface area (Å²) in [5, 5.41) is 12.4. The Hall–Kier alpha value is -3.33. The van der Waals surface area contributed by atoms with Gasteiger partial charge in [-0.05, 0) is 24.5 Å². The van der Waals surface area contributed by atoms with E-state index in [4.69, 9.17) is 35.3 Å². The Labute approximate surface area is 197 Å². The summed E-state index contributed by atoms with van der Waals surface area (Å²) < 4.78 is 26.9. The number of nitrogens with one attached hydrogen (secondary N) is 1. The van der Waals surface area contributed by atoms with Crippen LogP contribution in [0.15, 0.2) is 18.2 Å². The number of hydrogen-bond acceptors (Lipinski definition) is 7. The highest BCUT2D eigenvalue weighted by Crippen LogP contribution is 2.45. The van der Waals surface area contributed by atoms with Crippen LogP contribution >= 0.6 is 11.6 Å². The number of carboxylic acid groups (broad SMARTS) is 1. The van der Waals surface area contributed by atoms with Gasteiger partial charge in [-0.2, -0.15) is 0 Å². The molecule has 2 aromatic rings. The number of carbonyl (C=O) groups is 2. The van der Waals surface area contributed by atoms with Crippen molar-refractivity contribution in [3.63, 3.8) is 0 Å². The number of anilines is 1. The molecule has 2 N–H and O–H groups in total. The Bertz CT molecular complexity index is 1020. The van der Waals surface area contributed by atoms with Crippen LogP contribution in [0.25, 0.3) is 0 Å². The lowest BCUT2D eigenvalue weighted by molar-refractivity contribution is 0.0697. The molecule has 0 saturated heterocycles. The van der Waals surface area contributed by atoms with Crippen molar-refractivity contribution in [1.82, 2.24) is 0 Å². The number of amides is 1. The maximum atomic E-state index is 13.1. The molecule has 2 rings (SSSR count). The van der Waals surface area contributed by atoms with E-state index in [1.807, 2.05) is 0 Å². The highest BCUT2D eigenvalue weighted by Gasteiger charge is 2.26. The minimum atomic E-state index is -1.30. The summed E-state index contributed by atoms with van der Waals surface area (Å²) in [7, 11) is 5.49. The third-order valence-electron chi connectivity index (χ3n) is 4.73. The molecule has 0 radical (unpaired) electrons. The average Bonchev–Trinajstić information content (AvgIpc) is 2.78. The van der Waals surface area contributed by atoms with Crippen LogP contribution in [0.5, 0.6) is 28.7 Å². The van der Waals surface area contributed by atoms with Crippen molar-refractivity contribution in [3.8, 4) is 28.7 Å². The zero-order chi connectivity index (χ0) is 24.7. The molecule has 0 atom stereocenters. The topological polar surface area (TPSA) is 113 Å². The predicted octanol–water partition coefficient (Wildman–Crippen LogP) is 4.75. The summed E-state index contributed by atoms with van der Waals surface area (Å²) in [5.41, 5.74) is -0.217. The van der Waals surface area contributed by atoms with E-state index in [1.54, 1.807) is 0 Å². The standard InChI is InChI=1S/C23H28ClNO8/c1-12(2)7-8-33-19-15(24)9-13(10-16(19)29-3)22(26)25-18-14(23(27)28)11-17(30-4)20(31-5)21(18)32-6/h9-12H,7-8H2,1-6H3,(H,25,26)(H,27,28). The number of hydrogen-bond donors (Lipinski definition) is 2. The maximum absolute atomic E-state index is 13.1. The van der Waals surface area contributed by atoms with Crippen molar-refractivity contribution in [2.45, 2.75) is 20.3 Å². The second-order valence-corrected chi connectivity index (χ2v) is 7.75. The van der Waals surface area contributed by atoms with Gasteiger partial charge in [0.2, 0.25) is 5.75 Å². The first-order valence-electron chi connectivity index (χ1n) is 10.1. The lowest BCUT2D eigenvalue weighted by Crippen LogP contribution is -2.17.